The number of benzene rings is 1. The molecular weight excluding hydrogens is 262 g/mol. The van der Waals surface area contributed by atoms with Gasteiger partial charge in [0.05, 0.1) is 0 Å². The third-order valence-corrected chi connectivity index (χ3v) is 3.00. The number of pyridine rings is 1. The molecule has 0 atom stereocenters. The van der Waals surface area contributed by atoms with Crippen LogP contribution in [0.4, 0.5) is 5.82 Å². The van der Waals surface area contributed by atoms with Crippen molar-refractivity contribution in [2.75, 3.05) is 11.9 Å². The van der Waals surface area contributed by atoms with Crippen LogP contribution in [0.15, 0.2) is 30.3 Å². The lowest BCUT2D eigenvalue weighted by Crippen LogP contribution is -2.41. The smallest absolute Gasteiger partial charge is 0.270 e. The first kappa shape index (κ1) is 15.3. The lowest BCUT2D eigenvalue weighted by atomic mass is 10.1. The quantitative estimate of drug-likeness (QED) is 0.902. The molecular formula is C17H23N3O. The van der Waals surface area contributed by atoms with Gasteiger partial charge in [-0.15, -0.1) is 0 Å². The molecule has 1 aromatic heterocycles. The van der Waals surface area contributed by atoms with Gasteiger partial charge in [-0.3, -0.25) is 4.79 Å². The van der Waals surface area contributed by atoms with E-state index >= 15 is 0 Å². The highest BCUT2D eigenvalue weighted by Crippen LogP contribution is 2.22. The fourth-order valence-electron chi connectivity index (χ4n) is 2.10. The van der Waals surface area contributed by atoms with Crippen LogP contribution >= 0.6 is 0 Å². The van der Waals surface area contributed by atoms with E-state index in [1.807, 2.05) is 51.1 Å². The zero-order chi connectivity index (χ0) is 15.5. The Kier molecular flexibility index (Phi) is 4.46. The van der Waals surface area contributed by atoms with Crippen LogP contribution < -0.4 is 10.6 Å². The number of hydrogen-bond donors (Lipinski definition) is 2. The Morgan fingerprint density at radius 1 is 1.24 bits per heavy atom. The highest BCUT2D eigenvalue weighted by molar-refractivity contribution is 6.00. The van der Waals surface area contributed by atoms with Gasteiger partial charge in [-0.1, -0.05) is 31.2 Å². The Morgan fingerprint density at radius 3 is 2.62 bits per heavy atom. The van der Waals surface area contributed by atoms with Crippen LogP contribution in [0.25, 0.3) is 10.8 Å². The number of amides is 1. The second kappa shape index (κ2) is 6.12. The monoisotopic (exact) mass is 285 g/mol. The number of anilines is 1. The summed E-state index contributed by atoms with van der Waals surface area (Å²) in [4.78, 5) is 16.8. The van der Waals surface area contributed by atoms with Crippen LogP contribution in [0.3, 0.4) is 0 Å². The molecule has 112 valence electrons. The van der Waals surface area contributed by atoms with E-state index in [1.165, 1.54) is 0 Å². The number of aromatic nitrogens is 1. The zero-order valence-electron chi connectivity index (χ0n) is 13.2. The maximum atomic E-state index is 12.3. The maximum Gasteiger partial charge on any atom is 0.270 e. The molecule has 0 unspecified atom stereocenters. The van der Waals surface area contributed by atoms with Gasteiger partial charge in [0.2, 0.25) is 0 Å². The molecule has 21 heavy (non-hydrogen) atoms. The number of nitrogens with zero attached hydrogens (tertiary/aromatic N) is 1. The molecule has 4 nitrogen and oxygen atoms in total. The molecule has 0 radical (unpaired) electrons. The van der Waals surface area contributed by atoms with Gasteiger partial charge in [0, 0.05) is 17.5 Å². The number of rotatable bonds is 4. The van der Waals surface area contributed by atoms with Crippen molar-refractivity contribution in [1.29, 1.82) is 0 Å². The first-order valence-corrected chi connectivity index (χ1v) is 7.37. The number of nitrogens with one attached hydrogen (secondary N) is 2. The molecule has 0 saturated heterocycles. The summed E-state index contributed by atoms with van der Waals surface area (Å²) in [6.07, 6.45) is 1.01. The molecule has 0 fully saturated rings. The second-order valence-electron chi connectivity index (χ2n) is 6.21. The van der Waals surface area contributed by atoms with E-state index in [2.05, 4.69) is 22.5 Å². The van der Waals surface area contributed by atoms with Crippen LogP contribution in [0.2, 0.25) is 0 Å². The molecule has 0 spiro atoms. The van der Waals surface area contributed by atoms with Gasteiger partial charge in [-0.05, 0) is 38.6 Å². The van der Waals surface area contributed by atoms with Gasteiger partial charge in [0.15, 0.2) is 0 Å². The Labute approximate surface area is 126 Å². The summed E-state index contributed by atoms with van der Waals surface area (Å²) in [5.74, 6) is 0.627. The minimum atomic E-state index is -0.276. The summed E-state index contributed by atoms with van der Waals surface area (Å²) in [6, 6.07) is 9.81. The Morgan fingerprint density at radius 2 is 1.95 bits per heavy atom. The van der Waals surface area contributed by atoms with E-state index in [1.54, 1.807) is 0 Å². The summed E-state index contributed by atoms with van der Waals surface area (Å²) < 4.78 is 0. The fourth-order valence-corrected chi connectivity index (χ4v) is 2.10. The number of carbonyl (C=O) groups excluding carboxylic acids is 1. The average Bonchev–Trinajstić information content (AvgIpc) is 2.42. The van der Waals surface area contributed by atoms with Crippen LogP contribution in [0.1, 0.15) is 44.6 Å². The zero-order valence-corrected chi connectivity index (χ0v) is 13.2. The first-order chi connectivity index (χ1) is 9.90. The van der Waals surface area contributed by atoms with Gasteiger partial charge in [0.25, 0.3) is 5.91 Å². The van der Waals surface area contributed by atoms with Crippen molar-refractivity contribution in [1.82, 2.24) is 10.3 Å². The summed E-state index contributed by atoms with van der Waals surface area (Å²) in [5, 5.41) is 8.32. The van der Waals surface area contributed by atoms with Crippen molar-refractivity contribution < 1.29 is 4.79 Å². The fraction of sp³-hybridized carbons (Fsp3) is 0.412. The van der Waals surface area contributed by atoms with Gasteiger partial charge >= 0.3 is 0 Å². The average molecular weight is 285 g/mol. The summed E-state index contributed by atoms with van der Waals surface area (Å²) in [6.45, 7) is 8.82. The van der Waals surface area contributed by atoms with E-state index < -0.39 is 0 Å². The van der Waals surface area contributed by atoms with Crippen molar-refractivity contribution in [3.8, 4) is 0 Å². The van der Waals surface area contributed by atoms with Crippen molar-refractivity contribution in [3.63, 3.8) is 0 Å². The maximum absolute atomic E-state index is 12.3. The minimum Gasteiger partial charge on any atom is -0.370 e. The van der Waals surface area contributed by atoms with Crippen LogP contribution in [0.5, 0.6) is 0 Å². The first-order valence-electron chi connectivity index (χ1n) is 7.37. The van der Waals surface area contributed by atoms with E-state index in [-0.39, 0.29) is 11.4 Å². The Bertz CT molecular complexity index is 644. The molecule has 2 N–H and O–H groups in total. The molecule has 1 aromatic carbocycles. The predicted molar refractivity (Wildman–Crippen MR) is 87.7 cm³/mol. The molecule has 2 aromatic rings. The summed E-state index contributed by atoms with van der Waals surface area (Å²) >= 11 is 0. The molecule has 0 aliphatic carbocycles. The van der Waals surface area contributed by atoms with Gasteiger partial charge in [-0.2, -0.15) is 0 Å². The van der Waals surface area contributed by atoms with Crippen molar-refractivity contribution in [2.45, 2.75) is 39.7 Å². The van der Waals surface area contributed by atoms with Crippen LogP contribution in [0, 0.1) is 0 Å². The molecule has 2 rings (SSSR count). The molecule has 0 aliphatic heterocycles. The topological polar surface area (TPSA) is 54.0 Å². The van der Waals surface area contributed by atoms with E-state index in [4.69, 9.17) is 0 Å². The summed E-state index contributed by atoms with van der Waals surface area (Å²) in [7, 11) is 0. The molecule has 0 bridgehead atoms. The second-order valence-corrected chi connectivity index (χ2v) is 6.21. The van der Waals surface area contributed by atoms with Gasteiger partial charge in [0.1, 0.15) is 11.5 Å². The predicted octanol–water partition coefficient (Wildman–Crippen LogP) is 3.59. The van der Waals surface area contributed by atoms with E-state index in [9.17, 15) is 4.79 Å². The van der Waals surface area contributed by atoms with Crippen LogP contribution in [-0.4, -0.2) is 23.0 Å². The van der Waals surface area contributed by atoms with Gasteiger partial charge < -0.3 is 10.6 Å². The third kappa shape index (κ3) is 3.94. The Balaban J connectivity index is 2.43. The largest absolute Gasteiger partial charge is 0.370 e. The van der Waals surface area contributed by atoms with Crippen molar-refractivity contribution in [3.05, 3.63) is 36.0 Å². The van der Waals surface area contributed by atoms with Crippen molar-refractivity contribution in [2.24, 2.45) is 0 Å². The highest BCUT2D eigenvalue weighted by Gasteiger charge is 2.17. The standard InChI is InChI=1S/C17H23N3O/c1-5-10-18-15-13-9-7-6-8-12(13)11-14(19-15)16(21)20-17(2,3)4/h6-9,11H,5,10H2,1-4H3,(H,18,19)(H,20,21). The SMILES string of the molecule is CCCNc1nc(C(=O)NC(C)(C)C)cc2ccccc12. The number of carbonyl (C=O) groups is 1. The summed E-state index contributed by atoms with van der Waals surface area (Å²) in [5.41, 5.74) is 0.170. The molecule has 0 saturated carbocycles. The van der Waals surface area contributed by atoms with E-state index in [0.717, 1.165) is 29.6 Å². The van der Waals surface area contributed by atoms with Crippen molar-refractivity contribution >= 4 is 22.5 Å². The minimum absolute atomic E-state index is 0.146. The molecule has 0 aliphatic rings. The van der Waals surface area contributed by atoms with Gasteiger partial charge in [-0.25, -0.2) is 4.98 Å². The van der Waals surface area contributed by atoms with Crippen LogP contribution in [-0.2, 0) is 0 Å². The highest BCUT2D eigenvalue weighted by atomic mass is 16.2. The molecule has 4 heteroatoms. The lowest BCUT2D eigenvalue weighted by molar-refractivity contribution is 0.0914. The van der Waals surface area contributed by atoms with E-state index in [0.29, 0.717) is 5.69 Å². The normalized spacial score (nSPS) is 11.4. The number of hydrogen-bond acceptors (Lipinski definition) is 3. The third-order valence-electron chi connectivity index (χ3n) is 3.00. The number of fused-ring (bicyclic) bond motifs is 1. The lowest BCUT2D eigenvalue weighted by Gasteiger charge is -2.20. The Hall–Kier alpha value is -2.10. The molecule has 1 amide bonds. The molecule has 1 heterocycles.